The molecule has 96 valence electrons. The predicted molar refractivity (Wildman–Crippen MR) is 79.9 cm³/mol. The topological polar surface area (TPSA) is 29.1 Å². The van der Waals surface area contributed by atoms with Gasteiger partial charge in [0.15, 0.2) is 5.78 Å². The first-order valence-corrected chi connectivity index (χ1v) is 7.29. The zero-order chi connectivity index (χ0) is 13.4. The van der Waals surface area contributed by atoms with Gasteiger partial charge < -0.3 is 5.32 Å². The number of rotatable bonds is 2. The number of para-hydroxylation sites is 1. The second-order valence-corrected chi connectivity index (χ2v) is 5.82. The fourth-order valence-electron chi connectivity index (χ4n) is 2.06. The van der Waals surface area contributed by atoms with Crippen molar-refractivity contribution in [2.24, 2.45) is 0 Å². The van der Waals surface area contributed by atoms with E-state index in [2.05, 4.69) is 11.4 Å². The van der Waals surface area contributed by atoms with Gasteiger partial charge in [0.05, 0.1) is 16.4 Å². The van der Waals surface area contributed by atoms with Gasteiger partial charge in [-0.25, -0.2) is 0 Å². The molecule has 2 aromatic rings. The summed E-state index contributed by atoms with van der Waals surface area (Å²) in [4.78, 5) is 14.1. The van der Waals surface area contributed by atoms with Crippen molar-refractivity contribution in [1.82, 2.24) is 0 Å². The summed E-state index contributed by atoms with van der Waals surface area (Å²) in [5, 5.41) is 3.88. The van der Waals surface area contributed by atoms with Crippen LogP contribution < -0.4 is 5.32 Å². The number of halogens is 1. The largest absolute Gasteiger partial charge is 0.354 e. The number of hydrogen-bond acceptors (Lipinski definition) is 3. The number of anilines is 2. The Morgan fingerprint density at radius 3 is 2.79 bits per heavy atom. The number of carbonyl (C=O) groups is 1. The summed E-state index contributed by atoms with van der Waals surface area (Å²) >= 11 is 7.87. The fourth-order valence-corrected chi connectivity index (χ4v) is 3.41. The molecule has 2 aromatic carbocycles. The minimum atomic E-state index is 0.0680. The van der Waals surface area contributed by atoms with E-state index in [1.54, 1.807) is 11.8 Å². The monoisotopic (exact) mass is 289 g/mol. The van der Waals surface area contributed by atoms with E-state index in [-0.39, 0.29) is 5.78 Å². The molecule has 0 aromatic heterocycles. The van der Waals surface area contributed by atoms with Crippen molar-refractivity contribution in [3.63, 3.8) is 0 Å². The molecule has 0 radical (unpaired) electrons. The molecule has 0 spiro atoms. The zero-order valence-electron chi connectivity index (χ0n) is 10.4. The molecule has 0 unspecified atom stereocenters. The van der Waals surface area contributed by atoms with Gasteiger partial charge in [0, 0.05) is 21.8 Å². The van der Waals surface area contributed by atoms with Crippen LogP contribution in [0.1, 0.15) is 23.7 Å². The smallest absolute Gasteiger partial charge is 0.164 e. The number of fused-ring (bicyclic) bond motifs is 2. The molecule has 1 aliphatic rings. The Kier molecular flexibility index (Phi) is 3.25. The average Bonchev–Trinajstić information content (AvgIpc) is 2.43. The Hall–Kier alpha value is -1.45. The first kappa shape index (κ1) is 12.6. The highest BCUT2D eigenvalue weighted by molar-refractivity contribution is 7.99. The number of Topliss-reactive ketones (excluding diaryl/α,β-unsaturated/α-hetero) is 1. The second kappa shape index (κ2) is 4.91. The molecule has 0 fully saturated rings. The molecular formula is C15H12ClNOS. The van der Waals surface area contributed by atoms with Crippen LogP contribution in [0.25, 0.3) is 0 Å². The Morgan fingerprint density at radius 1 is 1.21 bits per heavy atom. The van der Waals surface area contributed by atoms with Crippen molar-refractivity contribution in [2.45, 2.75) is 23.1 Å². The lowest BCUT2D eigenvalue weighted by molar-refractivity contribution is 0.0988. The molecule has 0 saturated carbocycles. The maximum Gasteiger partial charge on any atom is 0.164 e. The van der Waals surface area contributed by atoms with E-state index in [0.29, 0.717) is 17.0 Å². The quantitative estimate of drug-likeness (QED) is 0.662. The van der Waals surface area contributed by atoms with Crippen LogP contribution in [-0.4, -0.2) is 5.78 Å². The molecule has 1 N–H and O–H groups in total. The van der Waals surface area contributed by atoms with E-state index in [9.17, 15) is 4.79 Å². The molecule has 0 amide bonds. The SMILES string of the molecule is CCC(=O)c1cc2c(cc1Cl)Sc1ccccc1N2. The first-order valence-electron chi connectivity index (χ1n) is 6.09. The summed E-state index contributed by atoms with van der Waals surface area (Å²) in [7, 11) is 0. The Labute approximate surface area is 121 Å². The summed E-state index contributed by atoms with van der Waals surface area (Å²) in [5.74, 6) is 0.0680. The molecule has 0 atom stereocenters. The first-order chi connectivity index (χ1) is 9.19. The van der Waals surface area contributed by atoms with Gasteiger partial charge in [0.1, 0.15) is 0 Å². The third-order valence-electron chi connectivity index (χ3n) is 3.07. The van der Waals surface area contributed by atoms with E-state index in [1.807, 2.05) is 37.3 Å². The van der Waals surface area contributed by atoms with Crippen LogP contribution in [0.3, 0.4) is 0 Å². The van der Waals surface area contributed by atoms with Gasteiger partial charge in [-0.2, -0.15) is 0 Å². The normalized spacial score (nSPS) is 12.3. The van der Waals surface area contributed by atoms with E-state index in [0.717, 1.165) is 16.3 Å². The zero-order valence-corrected chi connectivity index (χ0v) is 11.9. The summed E-state index contributed by atoms with van der Waals surface area (Å²) in [5.41, 5.74) is 2.61. The molecule has 4 heteroatoms. The van der Waals surface area contributed by atoms with E-state index < -0.39 is 0 Å². The van der Waals surface area contributed by atoms with Gasteiger partial charge in [-0.1, -0.05) is 42.4 Å². The second-order valence-electron chi connectivity index (χ2n) is 4.33. The van der Waals surface area contributed by atoms with Crippen LogP contribution in [0.5, 0.6) is 0 Å². The molecule has 1 aliphatic heterocycles. The number of hydrogen-bond donors (Lipinski definition) is 1. The lowest BCUT2D eigenvalue weighted by Gasteiger charge is -2.21. The molecule has 0 aliphatic carbocycles. The number of ketones is 1. The van der Waals surface area contributed by atoms with Crippen molar-refractivity contribution in [2.75, 3.05) is 5.32 Å². The van der Waals surface area contributed by atoms with Crippen molar-refractivity contribution in [3.8, 4) is 0 Å². The standard InChI is InChI=1S/C15H12ClNOS/c1-2-13(18)9-7-12-15(8-10(9)16)19-14-6-4-3-5-11(14)17-12/h3-8,17H,2H2,1H3. The van der Waals surface area contributed by atoms with E-state index >= 15 is 0 Å². The van der Waals surface area contributed by atoms with Gasteiger partial charge in [0.25, 0.3) is 0 Å². The van der Waals surface area contributed by atoms with Crippen LogP contribution in [-0.2, 0) is 0 Å². The number of carbonyl (C=O) groups excluding carboxylic acids is 1. The van der Waals surface area contributed by atoms with Crippen LogP contribution in [0.2, 0.25) is 5.02 Å². The average molecular weight is 290 g/mol. The molecular weight excluding hydrogens is 278 g/mol. The molecule has 1 heterocycles. The van der Waals surface area contributed by atoms with Crippen molar-refractivity contribution >= 4 is 40.5 Å². The number of benzene rings is 2. The highest BCUT2D eigenvalue weighted by Crippen LogP contribution is 2.45. The molecule has 3 rings (SSSR count). The number of nitrogens with one attached hydrogen (secondary N) is 1. The molecule has 19 heavy (non-hydrogen) atoms. The van der Waals surface area contributed by atoms with Gasteiger partial charge in [0.2, 0.25) is 0 Å². The lowest BCUT2D eigenvalue weighted by atomic mass is 10.1. The highest BCUT2D eigenvalue weighted by atomic mass is 35.5. The highest BCUT2D eigenvalue weighted by Gasteiger charge is 2.19. The van der Waals surface area contributed by atoms with Gasteiger partial charge in [-0.15, -0.1) is 0 Å². The van der Waals surface area contributed by atoms with Crippen molar-refractivity contribution < 1.29 is 4.79 Å². The Balaban J connectivity index is 2.07. The van der Waals surface area contributed by atoms with Gasteiger partial charge in [-0.05, 0) is 24.3 Å². The molecule has 2 nitrogen and oxygen atoms in total. The third kappa shape index (κ3) is 2.24. The van der Waals surface area contributed by atoms with Crippen molar-refractivity contribution in [1.29, 1.82) is 0 Å². The summed E-state index contributed by atoms with van der Waals surface area (Å²) < 4.78 is 0. The summed E-state index contributed by atoms with van der Waals surface area (Å²) in [6.45, 7) is 1.84. The van der Waals surface area contributed by atoms with Crippen LogP contribution in [0, 0.1) is 0 Å². The lowest BCUT2D eigenvalue weighted by Crippen LogP contribution is -2.04. The maximum atomic E-state index is 11.8. The maximum absolute atomic E-state index is 11.8. The molecule has 0 saturated heterocycles. The Morgan fingerprint density at radius 2 is 2.00 bits per heavy atom. The van der Waals surface area contributed by atoms with Crippen LogP contribution in [0.15, 0.2) is 46.2 Å². The third-order valence-corrected chi connectivity index (χ3v) is 4.51. The van der Waals surface area contributed by atoms with Crippen LogP contribution in [0.4, 0.5) is 11.4 Å². The summed E-state index contributed by atoms with van der Waals surface area (Å²) in [6.07, 6.45) is 0.461. The van der Waals surface area contributed by atoms with Gasteiger partial charge >= 0.3 is 0 Å². The minimum absolute atomic E-state index is 0.0680. The summed E-state index contributed by atoms with van der Waals surface area (Å²) in [6, 6.07) is 11.8. The minimum Gasteiger partial charge on any atom is -0.354 e. The van der Waals surface area contributed by atoms with Gasteiger partial charge in [-0.3, -0.25) is 4.79 Å². The Bertz CT molecular complexity index is 669. The molecule has 0 bridgehead atoms. The fraction of sp³-hybridized carbons (Fsp3) is 0.133. The van der Waals surface area contributed by atoms with E-state index in [4.69, 9.17) is 11.6 Å². The van der Waals surface area contributed by atoms with Crippen molar-refractivity contribution in [3.05, 3.63) is 47.0 Å². The van der Waals surface area contributed by atoms with Crippen LogP contribution >= 0.6 is 23.4 Å². The van der Waals surface area contributed by atoms with E-state index in [1.165, 1.54) is 4.90 Å². The predicted octanol–water partition coefficient (Wildman–Crippen LogP) is 5.14.